The summed E-state index contributed by atoms with van der Waals surface area (Å²) in [6.07, 6.45) is -0.0203. The molecule has 0 aliphatic carbocycles. The number of anilines is 2. The SMILES string of the molecule is CCC(=O)Nc1ccc(NC(=O)C2CNCCO2)cc1.Cl. The number of rotatable bonds is 4. The zero-order chi connectivity index (χ0) is 14.4. The number of ether oxygens (including phenoxy) is 1. The third kappa shape index (κ3) is 5.34. The highest BCUT2D eigenvalue weighted by Crippen LogP contribution is 2.14. The monoisotopic (exact) mass is 313 g/mol. The van der Waals surface area contributed by atoms with E-state index in [2.05, 4.69) is 16.0 Å². The highest BCUT2D eigenvalue weighted by Gasteiger charge is 2.21. The van der Waals surface area contributed by atoms with Gasteiger partial charge in [-0.3, -0.25) is 9.59 Å². The van der Waals surface area contributed by atoms with Crippen molar-refractivity contribution in [2.24, 2.45) is 0 Å². The van der Waals surface area contributed by atoms with Gasteiger partial charge in [0.2, 0.25) is 5.91 Å². The molecular weight excluding hydrogens is 294 g/mol. The van der Waals surface area contributed by atoms with Gasteiger partial charge in [0.25, 0.3) is 5.91 Å². The van der Waals surface area contributed by atoms with Crippen molar-refractivity contribution in [2.45, 2.75) is 19.4 Å². The molecule has 1 heterocycles. The summed E-state index contributed by atoms with van der Waals surface area (Å²) < 4.78 is 5.37. The predicted octanol–water partition coefficient (Wildman–Crippen LogP) is 1.38. The van der Waals surface area contributed by atoms with E-state index in [9.17, 15) is 9.59 Å². The fraction of sp³-hybridized carbons (Fsp3) is 0.429. The molecule has 1 fully saturated rings. The first-order chi connectivity index (χ1) is 9.69. The summed E-state index contributed by atoms with van der Waals surface area (Å²) >= 11 is 0. The van der Waals surface area contributed by atoms with Crippen LogP contribution >= 0.6 is 12.4 Å². The maximum Gasteiger partial charge on any atom is 0.254 e. The van der Waals surface area contributed by atoms with E-state index in [1.54, 1.807) is 31.2 Å². The molecular formula is C14H20ClN3O3. The van der Waals surface area contributed by atoms with Crippen LogP contribution in [-0.4, -0.2) is 37.6 Å². The van der Waals surface area contributed by atoms with Crippen molar-refractivity contribution in [3.8, 4) is 0 Å². The van der Waals surface area contributed by atoms with Crippen LogP contribution in [0.15, 0.2) is 24.3 Å². The van der Waals surface area contributed by atoms with Crippen LogP contribution in [0.3, 0.4) is 0 Å². The minimum atomic E-state index is -0.455. The van der Waals surface area contributed by atoms with Crippen molar-refractivity contribution in [1.29, 1.82) is 0 Å². The minimum Gasteiger partial charge on any atom is -0.366 e. The third-order valence-electron chi connectivity index (χ3n) is 2.98. The molecule has 3 N–H and O–H groups in total. The van der Waals surface area contributed by atoms with Crippen LogP contribution in [0.25, 0.3) is 0 Å². The molecule has 0 bridgehead atoms. The molecule has 0 aromatic heterocycles. The van der Waals surface area contributed by atoms with E-state index >= 15 is 0 Å². The summed E-state index contributed by atoms with van der Waals surface area (Å²) in [7, 11) is 0. The highest BCUT2D eigenvalue weighted by molar-refractivity contribution is 5.95. The lowest BCUT2D eigenvalue weighted by Gasteiger charge is -2.22. The van der Waals surface area contributed by atoms with Gasteiger partial charge in [-0.1, -0.05) is 6.92 Å². The van der Waals surface area contributed by atoms with Crippen LogP contribution in [0.5, 0.6) is 0 Å². The Bertz CT molecular complexity index is 473. The van der Waals surface area contributed by atoms with E-state index in [0.717, 1.165) is 6.54 Å². The van der Waals surface area contributed by atoms with E-state index < -0.39 is 6.10 Å². The molecule has 1 aliphatic heterocycles. The number of hydrogen-bond donors (Lipinski definition) is 3. The van der Waals surface area contributed by atoms with Crippen molar-refractivity contribution < 1.29 is 14.3 Å². The molecule has 21 heavy (non-hydrogen) atoms. The van der Waals surface area contributed by atoms with Gasteiger partial charge in [0.1, 0.15) is 6.10 Å². The third-order valence-corrected chi connectivity index (χ3v) is 2.98. The second-order valence-corrected chi connectivity index (χ2v) is 4.53. The fourth-order valence-electron chi connectivity index (χ4n) is 1.84. The molecule has 1 aliphatic rings. The van der Waals surface area contributed by atoms with Crippen LogP contribution in [0.2, 0.25) is 0 Å². The smallest absolute Gasteiger partial charge is 0.254 e. The number of hydrogen-bond acceptors (Lipinski definition) is 4. The van der Waals surface area contributed by atoms with Crippen molar-refractivity contribution in [3.05, 3.63) is 24.3 Å². The Balaban J connectivity index is 0.00000220. The lowest BCUT2D eigenvalue weighted by atomic mass is 10.2. The lowest BCUT2D eigenvalue weighted by Crippen LogP contribution is -2.45. The zero-order valence-corrected chi connectivity index (χ0v) is 12.7. The summed E-state index contributed by atoms with van der Waals surface area (Å²) in [5, 5.41) is 8.64. The summed E-state index contributed by atoms with van der Waals surface area (Å²) in [6.45, 7) is 3.63. The quantitative estimate of drug-likeness (QED) is 0.784. The van der Waals surface area contributed by atoms with E-state index in [1.807, 2.05) is 0 Å². The number of benzene rings is 1. The average Bonchev–Trinajstić information content (AvgIpc) is 2.50. The van der Waals surface area contributed by atoms with E-state index in [1.165, 1.54) is 0 Å². The molecule has 6 nitrogen and oxygen atoms in total. The molecule has 2 rings (SSSR count). The van der Waals surface area contributed by atoms with Gasteiger partial charge in [0.15, 0.2) is 0 Å². The van der Waals surface area contributed by atoms with Crippen molar-refractivity contribution >= 4 is 35.6 Å². The molecule has 7 heteroatoms. The molecule has 0 spiro atoms. The maximum atomic E-state index is 11.9. The van der Waals surface area contributed by atoms with Crippen LogP contribution < -0.4 is 16.0 Å². The number of amides is 2. The van der Waals surface area contributed by atoms with Gasteiger partial charge in [-0.25, -0.2) is 0 Å². The van der Waals surface area contributed by atoms with Gasteiger partial charge in [-0.2, -0.15) is 0 Å². The minimum absolute atomic E-state index is 0. The first-order valence-corrected chi connectivity index (χ1v) is 6.72. The van der Waals surface area contributed by atoms with Crippen LogP contribution in [0, 0.1) is 0 Å². The van der Waals surface area contributed by atoms with Crippen LogP contribution in [0.1, 0.15) is 13.3 Å². The first-order valence-electron chi connectivity index (χ1n) is 6.72. The lowest BCUT2D eigenvalue weighted by molar-refractivity contribution is -0.128. The molecule has 0 radical (unpaired) electrons. The number of nitrogens with one attached hydrogen (secondary N) is 3. The summed E-state index contributed by atoms with van der Waals surface area (Å²) in [6, 6.07) is 7.01. The van der Waals surface area contributed by atoms with E-state index in [-0.39, 0.29) is 24.2 Å². The zero-order valence-electron chi connectivity index (χ0n) is 11.8. The largest absolute Gasteiger partial charge is 0.366 e. The second kappa shape index (κ2) is 8.61. The molecule has 1 unspecified atom stereocenters. The van der Waals surface area contributed by atoms with Gasteiger partial charge in [0, 0.05) is 30.9 Å². The van der Waals surface area contributed by atoms with Crippen molar-refractivity contribution in [3.63, 3.8) is 0 Å². The van der Waals surface area contributed by atoms with Crippen molar-refractivity contribution in [2.75, 3.05) is 30.3 Å². The molecule has 1 aromatic rings. The Hall–Kier alpha value is -1.63. The highest BCUT2D eigenvalue weighted by atomic mass is 35.5. The van der Waals surface area contributed by atoms with E-state index in [0.29, 0.717) is 30.9 Å². The molecule has 2 amide bonds. The predicted molar refractivity (Wildman–Crippen MR) is 83.9 cm³/mol. The Morgan fingerprint density at radius 2 is 1.86 bits per heavy atom. The topological polar surface area (TPSA) is 79.5 Å². The fourth-order valence-corrected chi connectivity index (χ4v) is 1.84. The number of morpholine rings is 1. The van der Waals surface area contributed by atoms with Gasteiger partial charge >= 0.3 is 0 Å². The second-order valence-electron chi connectivity index (χ2n) is 4.53. The molecule has 0 saturated carbocycles. The van der Waals surface area contributed by atoms with Gasteiger partial charge in [-0.15, -0.1) is 12.4 Å². The Morgan fingerprint density at radius 1 is 1.24 bits per heavy atom. The van der Waals surface area contributed by atoms with Crippen LogP contribution in [-0.2, 0) is 14.3 Å². The maximum absolute atomic E-state index is 11.9. The summed E-state index contributed by atoms with van der Waals surface area (Å²) in [4.78, 5) is 23.2. The van der Waals surface area contributed by atoms with Gasteiger partial charge in [0.05, 0.1) is 6.61 Å². The number of halogens is 1. The van der Waals surface area contributed by atoms with Crippen LogP contribution in [0.4, 0.5) is 11.4 Å². The first kappa shape index (κ1) is 17.4. The number of carbonyl (C=O) groups excluding carboxylic acids is 2. The molecule has 1 atom stereocenters. The van der Waals surface area contributed by atoms with Gasteiger partial charge < -0.3 is 20.7 Å². The number of carbonyl (C=O) groups is 2. The van der Waals surface area contributed by atoms with Gasteiger partial charge in [-0.05, 0) is 24.3 Å². The summed E-state index contributed by atoms with van der Waals surface area (Å²) in [5.41, 5.74) is 1.39. The standard InChI is InChI=1S/C14H19N3O3.ClH/c1-2-13(18)16-10-3-5-11(6-4-10)17-14(19)12-9-15-7-8-20-12;/h3-6,12,15H,2,7-9H2,1H3,(H,16,18)(H,17,19);1H. The van der Waals surface area contributed by atoms with E-state index in [4.69, 9.17) is 4.74 Å². The Morgan fingerprint density at radius 3 is 2.38 bits per heavy atom. The molecule has 1 aromatic carbocycles. The molecule has 116 valence electrons. The normalized spacial score (nSPS) is 17.5. The average molecular weight is 314 g/mol. The summed E-state index contributed by atoms with van der Waals surface area (Å²) in [5.74, 6) is -0.203. The Labute approximate surface area is 130 Å². The van der Waals surface area contributed by atoms with Crippen molar-refractivity contribution in [1.82, 2.24) is 5.32 Å². The molecule has 1 saturated heterocycles. The Kier molecular flexibility index (Phi) is 7.14.